The molecule has 0 bridgehead atoms. The molecule has 0 saturated heterocycles. The minimum Gasteiger partial charge on any atom is -0.495 e. The lowest BCUT2D eigenvalue weighted by molar-refractivity contribution is 0.178. The van der Waals surface area contributed by atoms with Gasteiger partial charge < -0.3 is 9.84 Å². The molecule has 2 aromatic rings. The maximum atomic E-state index is 13.2. The summed E-state index contributed by atoms with van der Waals surface area (Å²) < 4.78 is 18.6. The van der Waals surface area contributed by atoms with Crippen LogP contribution in [0.25, 0.3) is 0 Å². The summed E-state index contributed by atoms with van der Waals surface area (Å²) in [5.41, 5.74) is 1.52. The van der Waals surface area contributed by atoms with Gasteiger partial charge in [-0.1, -0.05) is 23.7 Å². The predicted molar refractivity (Wildman–Crippen MR) is 80.8 cm³/mol. The molecular formula is C15H13BrClFO2. The van der Waals surface area contributed by atoms with Crippen LogP contribution in [0.5, 0.6) is 5.75 Å². The Labute approximate surface area is 130 Å². The van der Waals surface area contributed by atoms with Crippen LogP contribution in [0, 0.1) is 5.82 Å². The monoisotopic (exact) mass is 358 g/mol. The van der Waals surface area contributed by atoms with Crippen LogP contribution < -0.4 is 4.74 Å². The number of aliphatic hydroxyl groups is 1. The fourth-order valence-corrected chi connectivity index (χ4v) is 2.59. The molecule has 1 N–H and O–H groups in total. The molecule has 2 rings (SSSR count). The third-order valence-electron chi connectivity index (χ3n) is 2.97. The molecule has 0 aliphatic heterocycles. The first kappa shape index (κ1) is 15.3. The number of benzene rings is 2. The van der Waals surface area contributed by atoms with Crippen molar-refractivity contribution >= 4 is 27.5 Å². The number of aliphatic hydroxyl groups excluding tert-OH is 1. The molecule has 0 fully saturated rings. The fraction of sp³-hybridized carbons (Fsp3) is 0.200. The Bertz CT molecular complexity index is 619. The van der Waals surface area contributed by atoms with Gasteiger partial charge in [-0.3, -0.25) is 0 Å². The van der Waals surface area contributed by atoms with Crippen molar-refractivity contribution in [3.8, 4) is 5.75 Å². The Morgan fingerprint density at radius 3 is 2.65 bits per heavy atom. The fourth-order valence-electron chi connectivity index (χ4n) is 1.90. The van der Waals surface area contributed by atoms with Gasteiger partial charge in [0, 0.05) is 6.42 Å². The van der Waals surface area contributed by atoms with Gasteiger partial charge in [0.25, 0.3) is 0 Å². The van der Waals surface area contributed by atoms with Crippen LogP contribution in [-0.2, 0) is 6.42 Å². The lowest BCUT2D eigenvalue weighted by Crippen LogP contribution is -2.02. The molecule has 106 valence electrons. The number of hydrogen-bond donors (Lipinski definition) is 1. The first-order chi connectivity index (χ1) is 9.51. The van der Waals surface area contributed by atoms with E-state index in [0.717, 1.165) is 5.56 Å². The van der Waals surface area contributed by atoms with Crippen LogP contribution in [0.2, 0.25) is 5.02 Å². The van der Waals surface area contributed by atoms with Gasteiger partial charge >= 0.3 is 0 Å². The molecule has 0 aliphatic rings. The second-order valence-corrected chi connectivity index (χ2v) is 5.62. The summed E-state index contributed by atoms with van der Waals surface area (Å²) in [5.74, 6) is 0.239. The van der Waals surface area contributed by atoms with Gasteiger partial charge in [0.15, 0.2) is 0 Å². The van der Waals surface area contributed by atoms with Crippen molar-refractivity contribution in [1.29, 1.82) is 0 Å². The predicted octanol–water partition coefficient (Wildman–Crippen LogP) is 4.53. The molecule has 0 amide bonds. The first-order valence-electron chi connectivity index (χ1n) is 5.96. The number of rotatable bonds is 4. The summed E-state index contributed by atoms with van der Waals surface area (Å²) in [5, 5.41) is 10.7. The SMILES string of the molecule is COc1ccc(C(O)Cc2ccc(F)c(Br)c2)cc1Cl. The van der Waals surface area contributed by atoms with E-state index >= 15 is 0 Å². The normalized spacial score (nSPS) is 12.2. The van der Waals surface area contributed by atoms with Crippen molar-refractivity contribution in [3.63, 3.8) is 0 Å². The topological polar surface area (TPSA) is 29.5 Å². The minimum atomic E-state index is -0.712. The molecular weight excluding hydrogens is 347 g/mol. The molecule has 1 unspecified atom stereocenters. The van der Waals surface area contributed by atoms with E-state index in [2.05, 4.69) is 15.9 Å². The smallest absolute Gasteiger partial charge is 0.137 e. The van der Waals surface area contributed by atoms with Gasteiger partial charge in [0.1, 0.15) is 11.6 Å². The zero-order valence-electron chi connectivity index (χ0n) is 10.7. The van der Waals surface area contributed by atoms with Crippen LogP contribution in [0.1, 0.15) is 17.2 Å². The number of methoxy groups -OCH3 is 1. The van der Waals surface area contributed by atoms with Crippen LogP contribution in [0.3, 0.4) is 0 Å². The number of halogens is 3. The van der Waals surface area contributed by atoms with Crippen molar-refractivity contribution in [3.05, 3.63) is 62.8 Å². The lowest BCUT2D eigenvalue weighted by atomic mass is 10.0. The van der Waals surface area contributed by atoms with Crippen molar-refractivity contribution in [1.82, 2.24) is 0 Å². The summed E-state index contributed by atoms with van der Waals surface area (Å²) in [7, 11) is 1.54. The van der Waals surface area contributed by atoms with E-state index in [0.29, 0.717) is 27.2 Å². The van der Waals surface area contributed by atoms with Gasteiger partial charge in [-0.15, -0.1) is 0 Å². The molecule has 5 heteroatoms. The third kappa shape index (κ3) is 3.51. The van der Waals surface area contributed by atoms with Gasteiger partial charge in [0.05, 0.1) is 22.7 Å². The third-order valence-corrected chi connectivity index (χ3v) is 3.88. The number of ether oxygens (including phenoxy) is 1. The molecule has 20 heavy (non-hydrogen) atoms. The van der Waals surface area contributed by atoms with Crippen molar-refractivity contribution in [2.24, 2.45) is 0 Å². The van der Waals surface area contributed by atoms with Gasteiger partial charge in [-0.25, -0.2) is 4.39 Å². The van der Waals surface area contributed by atoms with Crippen LogP contribution >= 0.6 is 27.5 Å². The largest absolute Gasteiger partial charge is 0.495 e. The van der Waals surface area contributed by atoms with E-state index in [4.69, 9.17) is 16.3 Å². The molecule has 0 aliphatic carbocycles. The summed E-state index contributed by atoms with van der Waals surface area (Å²) in [6.07, 6.45) is -0.336. The van der Waals surface area contributed by atoms with E-state index in [1.165, 1.54) is 13.2 Å². The summed E-state index contributed by atoms with van der Waals surface area (Å²) >= 11 is 9.16. The average Bonchev–Trinajstić information content (AvgIpc) is 2.42. The zero-order chi connectivity index (χ0) is 14.7. The average molecular weight is 360 g/mol. The number of hydrogen-bond acceptors (Lipinski definition) is 2. The second-order valence-electron chi connectivity index (χ2n) is 4.36. The summed E-state index contributed by atoms with van der Waals surface area (Å²) in [6, 6.07) is 9.81. The van der Waals surface area contributed by atoms with Gasteiger partial charge in [-0.05, 0) is 51.3 Å². The first-order valence-corrected chi connectivity index (χ1v) is 7.14. The highest BCUT2D eigenvalue weighted by molar-refractivity contribution is 9.10. The van der Waals surface area contributed by atoms with Crippen LogP contribution in [0.4, 0.5) is 4.39 Å². The maximum absolute atomic E-state index is 13.2. The van der Waals surface area contributed by atoms with Gasteiger partial charge in [0.2, 0.25) is 0 Å². The Morgan fingerprint density at radius 2 is 2.05 bits per heavy atom. The molecule has 0 heterocycles. The quantitative estimate of drug-likeness (QED) is 0.869. The van der Waals surface area contributed by atoms with Crippen LogP contribution in [-0.4, -0.2) is 12.2 Å². The van der Waals surface area contributed by atoms with E-state index < -0.39 is 6.10 Å². The standard InChI is InChI=1S/C15H13BrClFO2/c1-20-15-5-3-10(8-12(15)17)14(19)7-9-2-4-13(18)11(16)6-9/h2-6,8,14,19H,7H2,1H3. The van der Waals surface area contributed by atoms with E-state index in [1.807, 2.05) is 0 Å². The molecule has 2 aromatic carbocycles. The Morgan fingerprint density at radius 1 is 1.30 bits per heavy atom. The molecule has 0 spiro atoms. The van der Waals surface area contributed by atoms with E-state index in [1.54, 1.807) is 30.3 Å². The highest BCUT2D eigenvalue weighted by Crippen LogP contribution is 2.29. The van der Waals surface area contributed by atoms with E-state index in [9.17, 15) is 9.50 Å². The molecule has 0 radical (unpaired) electrons. The highest BCUT2D eigenvalue weighted by atomic mass is 79.9. The lowest BCUT2D eigenvalue weighted by Gasteiger charge is -2.13. The van der Waals surface area contributed by atoms with Crippen LogP contribution in [0.15, 0.2) is 40.9 Å². The summed E-state index contributed by atoms with van der Waals surface area (Å²) in [4.78, 5) is 0. The highest BCUT2D eigenvalue weighted by Gasteiger charge is 2.12. The molecule has 1 atom stereocenters. The van der Waals surface area contributed by atoms with E-state index in [-0.39, 0.29) is 5.82 Å². The maximum Gasteiger partial charge on any atom is 0.137 e. The summed E-state index contributed by atoms with van der Waals surface area (Å²) in [6.45, 7) is 0. The van der Waals surface area contributed by atoms with Crippen molar-refractivity contribution in [2.75, 3.05) is 7.11 Å². The molecule has 2 nitrogen and oxygen atoms in total. The Balaban J connectivity index is 2.17. The molecule has 0 aromatic heterocycles. The zero-order valence-corrected chi connectivity index (χ0v) is 13.1. The molecule has 0 saturated carbocycles. The van der Waals surface area contributed by atoms with Crippen molar-refractivity contribution in [2.45, 2.75) is 12.5 Å². The Hall–Kier alpha value is -1.10. The van der Waals surface area contributed by atoms with Gasteiger partial charge in [-0.2, -0.15) is 0 Å². The minimum absolute atomic E-state index is 0.323. The Kier molecular flexibility index (Phi) is 5.02. The van der Waals surface area contributed by atoms with Crippen molar-refractivity contribution < 1.29 is 14.2 Å². The second kappa shape index (κ2) is 6.57.